The van der Waals surface area contributed by atoms with Crippen LogP contribution < -0.4 is 5.76 Å². The first-order valence-corrected chi connectivity index (χ1v) is 7.70. The topological polar surface area (TPSA) is 68.3 Å². The van der Waals surface area contributed by atoms with Crippen LogP contribution in [0.1, 0.15) is 17.2 Å². The van der Waals surface area contributed by atoms with Gasteiger partial charge in [-0.25, -0.2) is 4.79 Å². The zero-order chi connectivity index (χ0) is 17.3. The van der Waals surface area contributed by atoms with Crippen molar-refractivity contribution in [2.75, 3.05) is 0 Å². The van der Waals surface area contributed by atoms with Crippen molar-refractivity contribution in [2.45, 2.75) is 18.8 Å². The molecule has 1 atom stereocenters. The molecule has 5 nitrogen and oxygen atoms in total. The molecule has 0 spiro atoms. The number of rotatable bonds is 4. The lowest BCUT2D eigenvalue weighted by Crippen LogP contribution is -2.22. The Bertz CT molecular complexity index is 884. The van der Waals surface area contributed by atoms with Gasteiger partial charge in [0.15, 0.2) is 0 Å². The molecule has 0 bridgehead atoms. The number of hydrogen-bond donors (Lipinski definition) is 1. The summed E-state index contributed by atoms with van der Waals surface area (Å²) in [6.45, 7) is -0.444. The Hall–Kier alpha value is -2.39. The van der Waals surface area contributed by atoms with Crippen LogP contribution in [0.5, 0.6) is 0 Å². The number of aliphatic hydroxyl groups is 1. The Kier molecular flexibility index (Phi) is 4.29. The number of benzene rings is 1. The zero-order valence-corrected chi connectivity index (χ0v) is 12.8. The second kappa shape index (κ2) is 6.25. The summed E-state index contributed by atoms with van der Waals surface area (Å²) in [5.41, 5.74) is -1.27. The summed E-state index contributed by atoms with van der Waals surface area (Å²) in [4.78, 5) is 12.4. The van der Waals surface area contributed by atoms with Crippen molar-refractivity contribution in [3.63, 3.8) is 0 Å². The predicted octanol–water partition coefficient (Wildman–Crippen LogP) is 3.32. The molecule has 24 heavy (non-hydrogen) atoms. The SMILES string of the molecule is O=c1oc(-c2cccs2)nn1C[C@@H](O)c1ccccc1C(F)(F)F. The van der Waals surface area contributed by atoms with Gasteiger partial charge in [0.2, 0.25) is 0 Å². The van der Waals surface area contributed by atoms with Gasteiger partial charge in [-0.3, -0.25) is 0 Å². The maximum atomic E-state index is 13.0. The summed E-state index contributed by atoms with van der Waals surface area (Å²) in [5.74, 6) is -0.784. The van der Waals surface area contributed by atoms with Gasteiger partial charge >= 0.3 is 11.9 Å². The number of aromatic nitrogens is 2. The maximum Gasteiger partial charge on any atom is 0.437 e. The molecule has 0 aliphatic carbocycles. The first kappa shape index (κ1) is 16.5. The normalized spacial score (nSPS) is 13.2. The fourth-order valence-electron chi connectivity index (χ4n) is 2.23. The molecule has 0 unspecified atom stereocenters. The van der Waals surface area contributed by atoms with E-state index in [-0.39, 0.29) is 11.5 Å². The average Bonchev–Trinajstić information content (AvgIpc) is 3.17. The number of thiophene rings is 1. The van der Waals surface area contributed by atoms with Crippen LogP contribution in [0.2, 0.25) is 0 Å². The standard InChI is InChI=1S/C15H11F3N2O3S/c16-15(17,18)10-5-2-1-4-9(10)11(21)8-20-14(22)23-13(19-20)12-6-3-7-24-12/h1-7,11,21H,8H2/t11-/m1/s1. The van der Waals surface area contributed by atoms with Crippen LogP contribution in [0.25, 0.3) is 10.8 Å². The van der Waals surface area contributed by atoms with Crippen molar-refractivity contribution in [2.24, 2.45) is 0 Å². The van der Waals surface area contributed by atoms with Crippen molar-refractivity contribution in [3.8, 4) is 10.8 Å². The van der Waals surface area contributed by atoms with Gasteiger partial charge < -0.3 is 9.52 Å². The van der Waals surface area contributed by atoms with Crippen molar-refractivity contribution in [3.05, 3.63) is 63.5 Å². The molecule has 0 saturated heterocycles. The molecule has 3 aromatic rings. The summed E-state index contributed by atoms with van der Waals surface area (Å²) in [6.07, 6.45) is -6.16. The first-order valence-electron chi connectivity index (χ1n) is 6.82. The molecule has 126 valence electrons. The summed E-state index contributed by atoms with van der Waals surface area (Å²) in [5, 5.41) is 15.8. The lowest BCUT2D eigenvalue weighted by molar-refractivity contribution is -0.139. The second-order valence-corrected chi connectivity index (χ2v) is 5.88. The van der Waals surface area contributed by atoms with E-state index in [1.807, 2.05) is 0 Å². The highest BCUT2D eigenvalue weighted by Gasteiger charge is 2.34. The number of aliphatic hydroxyl groups excluding tert-OH is 1. The highest BCUT2D eigenvalue weighted by atomic mass is 32.1. The number of nitrogens with zero attached hydrogens (tertiary/aromatic N) is 2. The number of hydrogen-bond acceptors (Lipinski definition) is 5. The second-order valence-electron chi connectivity index (χ2n) is 4.93. The Morgan fingerprint density at radius 3 is 2.67 bits per heavy atom. The van der Waals surface area contributed by atoms with E-state index in [4.69, 9.17) is 4.42 Å². The van der Waals surface area contributed by atoms with E-state index in [9.17, 15) is 23.1 Å². The smallest absolute Gasteiger partial charge is 0.387 e. The molecule has 3 rings (SSSR count). The van der Waals surface area contributed by atoms with Gasteiger partial charge in [-0.2, -0.15) is 17.9 Å². The fraction of sp³-hybridized carbons (Fsp3) is 0.200. The Labute approximate surface area is 137 Å². The van der Waals surface area contributed by atoms with Gasteiger partial charge in [-0.1, -0.05) is 24.3 Å². The summed E-state index contributed by atoms with van der Waals surface area (Å²) >= 11 is 1.30. The minimum atomic E-state index is -4.60. The van der Waals surface area contributed by atoms with Gasteiger partial charge in [-0.05, 0) is 23.1 Å². The zero-order valence-electron chi connectivity index (χ0n) is 12.0. The highest BCUT2D eigenvalue weighted by Crippen LogP contribution is 2.34. The molecule has 0 saturated carbocycles. The maximum absolute atomic E-state index is 13.0. The first-order chi connectivity index (χ1) is 11.4. The lowest BCUT2D eigenvalue weighted by atomic mass is 10.0. The quantitative estimate of drug-likeness (QED) is 0.779. The lowest BCUT2D eigenvalue weighted by Gasteiger charge is -2.16. The van der Waals surface area contributed by atoms with E-state index in [2.05, 4.69) is 5.10 Å². The average molecular weight is 356 g/mol. The van der Waals surface area contributed by atoms with Crippen LogP contribution in [0.3, 0.4) is 0 Å². The van der Waals surface area contributed by atoms with Crippen molar-refractivity contribution in [1.82, 2.24) is 9.78 Å². The van der Waals surface area contributed by atoms with Crippen molar-refractivity contribution < 1.29 is 22.7 Å². The van der Waals surface area contributed by atoms with Gasteiger partial charge in [0, 0.05) is 0 Å². The molecule has 2 heterocycles. The van der Waals surface area contributed by atoms with Crippen LogP contribution in [0.4, 0.5) is 13.2 Å². The van der Waals surface area contributed by atoms with Crippen LogP contribution in [-0.4, -0.2) is 14.9 Å². The number of alkyl halides is 3. The third-order valence-electron chi connectivity index (χ3n) is 3.31. The molecular formula is C15H11F3N2O3S. The van der Waals surface area contributed by atoms with Crippen LogP contribution in [-0.2, 0) is 12.7 Å². The molecule has 0 aliphatic heterocycles. The molecule has 0 aliphatic rings. The van der Waals surface area contributed by atoms with Gasteiger partial charge in [0.25, 0.3) is 5.89 Å². The van der Waals surface area contributed by atoms with Crippen LogP contribution in [0, 0.1) is 0 Å². The molecule has 0 radical (unpaired) electrons. The third kappa shape index (κ3) is 3.26. The van der Waals surface area contributed by atoms with Crippen molar-refractivity contribution >= 4 is 11.3 Å². The fourth-order valence-corrected chi connectivity index (χ4v) is 2.87. The molecular weight excluding hydrogens is 345 g/mol. The van der Waals surface area contributed by atoms with Crippen molar-refractivity contribution in [1.29, 1.82) is 0 Å². The van der Waals surface area contributed by atoms with Crippen LogP contribution >= 0.6 is 11.3 Å². The summed E-state index contributed by atoms with van der Waals surface area (Å²) in [7, 11) is 0. The van der Waals surface area contributed by atoms with Crippen LogP contribution in [0.15, 0.2) is 51.0 Å². The largest absolute Gasteiger partial charge is 0.437 e. The van der Waals surface area contributed by atoms with Gasteiger partial charge in [0.1, 0.15) is 0 Å². The Morgan fingerprint density at radius 1 is 1.25 bits per heavy atom. The summed E-state index contributed by atoms with van der Waals surface area (Å²) in [6, 6.07) is 8.09. The molecule has 1 aromatic carbocycles. The van der Waals surface area contributed by atoms with E-state index >= 15 is 0 Å². The third-order valence-corrected chi connectivity index (χ3v) is 4.17. The van der Waals surface area contributed by atoms with Gasteiger partial charge in [0.05, 0.1) is 23.1 Å². The Balaban J connectivity index is 1.89. The minimum absolute atomic E-state index is 0.0614. The molecule has 9 heteroatoms. The van der Waals surface area contributed by atoms with E-state index in [0.29, 0.717) is 4.88 Å². The number of halogens is 3. The van der Waals surface area contributed by atoms with E-state index in [1.165, 1.54) is 29.5 Å². The molecule has 0 amide bonds. The molecule has 0 fully saturated rings. The Morgan fingerprint density at radius 2 is 2.00 bits per heavy atom. The molecule has 2 aromatic heterocycles. The monoisotopic (exact) mass is 356 g/mol. The van der Waals surface area contributed by atoms with E-state index in [1.54, 1.807) is 17.5 Å². The molecule has 1 N–H and O–H groups in total. The predicted molar refractivity (Wildman–Crippen MR) is 80.5 cm³/mol. The highest BCUT2D eigenvalue weighted by molar-refractivity contribution is 7.13. The van der Waals surface area contributed by atoms with E-state index in [0.717, 1.165) is 10.7 Å². The summed E-state index contributed by atoms with van der Waals surface area (Å²) < 4.78 is 44.8. The van der Waals surface area contributed by atoms with E-state index < -0.39 is 30.1 Å². The minimum Gasteiger partial charge on any atom is -0.387 e. The van der Waals surface area contributed by atoms with Gasteiger partial charge in [-0.15, -0.1) is 16.4 Å².